The van der Waals surface area contributed by atoms with Crippen molar-refractivity contribution in [2.45, 2.75) is 38.1 Å². The third-order valence-electron chi connectivity index (χ3n) is 5.74. The van der Waals surface area contributed by atoms with Crippen molar-refractivity contribution in [3.63, 3.8) is 0 Å². The lowest BCUT2D eigenvalue weighted by Crippen LogP contribution is -2.52. The molecule has 0 spiro atoms. The summed E-state index contributed by atoms with van der Waals surface area (Å²) in [6.45, 7) is 0.699. The summed E-state index contributed by atoms with van der Waals surface area (Å²) in [7, 11) is 1.64. The molecule has 2 unspecified atom stereocenters. The van der Waals surface area contributed by atoms with Crippen LogP contribution in [-0.2, 0) is 22.4 Å². The van der Waals surface area contributed by atoms with E-state index >= 15 is 0 Å². The van der Waals surface area contributed by atoms with Crippen molar-refractivity contribution in [3.8, 4) is 5.75 Å². The number of rotatable bonds is 4. The second-order valence-corrected chi connectivity index (χ2v) is 7.47. The normalized spacial score (nSPS) is 21.6. The van der Waals surface area contributed by atoms with E-state index in [1.807, 2.05) is 41.3 Å². The molecule has 1 aromatic heterocycles. The van der Waals surface area contributed by atoms with Crippen LogP contribution in [0.5, 0.6) is 5.75 Å². The van der Waals surface area contributed by atoms with E-state index in [1.165, 1.54) is 0 Å². The molecule has 6 nitrogen and oxygen atoms in total. The number of benzene rings is 1. The van der Waals surface area contributed by atoms with E-state index in [9.17, 15) is 9.59 Å². The molecule has 2 aromatic rings. The van der Waals surface area contributed by atoms with E-state index in [0.29, 0.717) is 13.0 Å². The maximum absolute atomic E-state index is 13.0. The van der Waals surface area contributed by atoms with Gasteiger partial charge in [0.2, 0.25) is 11.8 Å². The number of methoxy groups -OCH3 is 1. The fourth-order valence-corrected chi connectivity index (χ4v) is 4.30. The Bertz CT molecular complexity index is 869. The number of fused-ring (bicyclic) bond motifs is 1. The summed E-state index contributed by atoms with van der Waals surface area (Å²) in [5.41, 5.74) is 2.66. The van der Waals surface area contributed by atoms with Crippen molar-refractivity contribution < 1.29 is 14.3 Å². The van der Waals surface area contributed by atoms with Crippen molar-refractivity contribution in [1.29, 1.82) is 0 Å². The number of piperidine rings is 1. The quantitative estimate of drug-likeness (QED) is 0.887. The van der Waals surface area contributed by atoms with E-state index in [-0.39, 0.29) is 30.2 Å². The molecule has 6 heteroatoms. The maximum Gasteiger partial charge on any atom is 0.229 e. The number of nitrogens with zero attached hydrogens (tertiary/aromatic N) is 2. The molecule has 0 aliphatic carbocycles. The van der Waals surface area contributed by atoms with E-state index in [0.717, 1.165) is 42.0 Å². The van der Waals surface area contributed by atoms with Crippen LogP contribution >= 0.6 is 0 Å². The number of likely N-dealkylation sites (tertiary alicyclic amines) is 1. The van der Waals surface area contributed by atoms with Crippen LogP contribution in [0.15, 0.2) is 42.6 Å². The van der Waals surface area contributed by atoms with Crippen LogP contribution in [0.3, 0.4) is 0 Å². The first-order chi connectivity index (χ1) is 13.7. The molecular formula is C22H25N3O3. The van der Waals surface area contributed by atoms with Crippen LogP contribution in [0.25, 0.3) is 0 Å². The van der Waals surface area contributed by atoms with Gasteiger partial charge in [0.1, 0.15) is 5.75 Å². The summed E-state index contributed by atoms with van der Waals surface area (Å²) < 4.78 is 5.33. The summed E-state index contributed by atoms with van der Waals surface area (Å²) in [6, 6.07) is 11.2. The molecule has 1 saturated heterocycles. The van der Waals surface area contributed by atoms with Gasteiger partial charge in [0.25, 0.3) is 0 Å². The lowest BCUT2D eigenvalue weighted by atomic mass is 9.82. The Morgan fingerprint density at radius 2 is 2.18 bits per heavy atom. The molecule has 0 bridgehead atoms. The molecule has 0 saturated carbocycles. The predicted octanol–water partition coefficient (Wildman–Crippen LogP) is 2.82. The van der Waals surface area contributed by atoms with Gasteiger partial charge in [-0.05, 0) is 61.6 Å². The van der Waals surface area contributed by atoms with Crippen LogP contribution in [0.1, 0.15) is 30.5 Å². The third-order valence-corrected chi connectivity index (χ3v) is 5.74. The number of aromatic nitrogens is 1. The standard InChI is InChI=1S/C22H25N3O3/c1-28-17-8-9-19-15(12-17)13-18(22(27)24-19)20-7-3-5-11-25(20)21(26)14-16-6-2-4-10-23-16/h2,4,6,8-10,12,18,20H,3,5,7,11,13-14H2,1H3,(H,24,27). The molecule has 2 atom stereocenters. The Balaban J connectivity index is 1.55. The number of hydrogen-bond acceptors (Lipinski definition) is 4. The number of ether oxygens (including phenoxy) is 1. The van der Waals surface area contributed by atoms with E-state index in [4.69, 9.17) is 4.74 Å². The minimum Gasteiger partial charge on any atom is -0.497 e. The van der Waals surface area contributed by atoms with Crippen molar-refractivity contribution in [1.82, 2.24) is 9.88 Å². The first-order valence-electron chi connectivity index (χ1n) is 9.83. The number of carbonyl (C=O) groups excluding carboxylic acids is 2. The summed E-state index contributed by atoms with van der Waals surface area (Å²) in [6.07, 6.45) is 5.46. The van der Waals surface area contributed by atoms with Crippen molar-refractivity contribution in [2.24, 2.45) is 5.92 Å². The predicted molar refractivity (Wildman–Crippen MR) is 106 cm³/mol. The number of nitrogens with one attached hydrogen (secondary N) is 1. The monoisotopic (exact) mass is 379 g/mol. The zero-order chi connectivity index (χ0) is 19.5. The number of amides is 2. The van der Waals surface area contributed by atoms with Gasteiger partial charge in [-0.3, -0.25) is 14.6 Å². The number of anilines is 1. The largest absolute Gasteiger partial charge is 0.497 e. The van der Waals surface area contributed by atoms with Crippen LogP contribution < -0.4 is 10.1 Å². The highest BCUT2D eigenvalue weighted by molar-refractivity contribution is 5.96. The lowest BCUT2D eigenvalue weighted by Gasteiger charge is -2.41. The fraction of sp³-hybridized carbons (Fsp3) is 0.409. The maximum atomic E-state index is 13.0. The molecule has 0 radical (unpaired) electrons. The van der Waals surface area contributed by atoms with E-state index < -0.39 is 0 Å². The first-order valence-corrected chi connectivity index (χ1v) is 9.83. The van der Waals surface area contributed by atoms with Gasteiger partial charge in [-0.1, -0.05) is 6.07 Å². The van der Waals surface area contributed by atoms with Gasteiger partial charge in [0.05, 0.1) is 19.4 Å². The van der Waals surface area contributed by atoms with Gasteiger partial charge in [-0.2, -0.15) is 0 Å². The molecule has 1 fully saturated rings. The molecular weight excluding hydrogens is 354 g/mol. The second kappa shape index (κ2) is 8.00. The van der Waals surface area contributed by atoms with Crippen LogP contribution in [0.4, 0.5) is 5.69 Å². The topological polar surface area (TPSA) is 71.5 Å². The number of hydrogen-bond donors (Lipinski definition) is 1. The molecule has 1 N–H and O–H groups in total. The molecule has 4 rings (SSSR count). The van der Waals surface area contributed by atoms with Crippen LogP contribution in [0, 0.1) is 5.92 Å². The molecule has 28 heavy (non-hydrogen) atoms. The first kappa shape index (κ1) is 18.5. The molecule has 2 aliphatic heterocycles. The Morgan fingerprint density at radius 1 is 1.29 bits per heavy atom. The SMILES string of the molecule is COc1ccc2c(c1)CC(C1CCCCN1C(=O)Cc1ccccn1)C(=O)N2. The van der Waals surface area contributed by atoms with Crippen molar-refractivity contribution >= 4 is 17.5 Å². The molecule has 1 aromatic carbocycles. The Kier molecular flexibility index (Phi) is 5.28. The second-order valence-electron chi connectivity index (χ2n) is 7.47. The average Bonchev–Trinajstić information content (AvgIpc) is 2.73. The minimum atomic E-state index is -0.243. The van der Waals surface area contributed by atoms with Gasteiger partial charge in [0.15, 0.2) is 0 Å². The highest BCUT2D eigenvalue weighted by Crippen LogP contribution is 2.34. The van der Waals surface area contributed by atoms with E-state index in [1.54, 1.807) is 13.3 Å². The molecule has 2 aliphatic rings. The lowest BCUT2D eigenvalue weighted by molar-refractivity contribution is -0.137. The van der Waals surface area contributed by atoms with Crippen LogP contribution in [0.2, 0.25) is 0 Å². The van der Waals surface area contributed by atoms with Crippen molar-refractivity contribution in [2.75, 3.05) is 19.0 Å². The zero-order valence-electron chi connectivity index (χ0n) is 16.1. The number of carbonyl (C=O) groups is 2. The van der Waals surface area contributed by atoms with Gasteiger partial charge >= 0.3 is 0 Å². The van der Waals surface area contributed by atoms with Gasteiger partial charge in [-0.25, -0.2) is 0 Å². The summed E-state index contributed by atoms with van der Waals surface area (Å²) in [4.78, 5) is 32.0. The number of pyridine rings is 1. The summed E-state index contributed by atoms with van der Waals surface area (Å²) in [5, 5.41) is 3.02. The highest BCUT2D eigenvalue weighted by atomic mass is 16.5. The summed E-state index contributed by atoms with van der Waals surface area (Å²) in [5.74, 6) is 0.584. The Hall–Kier alpha value is -2.89. The third kappa shape index (κ3) is 3.72. The van der Waals surface area contributed by atoms with E-state index in [2.05, 4.69) is 10.3 Å². The fourth-order valence-electron chi connectivity index (χ4n) is 4.30. The summed E-state index contributed by atoms with van der Waals surface area (Å²) >= 11 is 0. The van der Waals surface area contributed by atoms with Gasteiger partial charge in [0, 0.05) is 30.2 Å². The van der Waals surface area contributed by atoms with Gasteiger partial charge < -0.3 is 15.0 Å². The van der Waals surface area contributed by atoms with Crippen molar-refractivity contribution in [3.05, 3.63) is 53.9 Å². The Morgan fingerprint density at radius 3 is 2.96 bits per heavy atom. The smallest absolute Gasteiger partial charge is 0.229 e. The zero-order valence-corrected chi connectivity index (χ0v) is 16.1. The Labute approximate surface area is 164 Å². The molecule has 2 amide bonds. The van der Waals surface area contributed by atoms with Crippen LogP contribution in [-0.4, -0.2) is 41.4 Å². The highest BCUT2D eigenvalue weighted by Gasteiger charge is 2.39. The average molecular weight is 379 g/mol. The minimum absolute atomic E-state index is 0.000188. The van der Waals surface area contributed by atoms with Gasteiger partial charge in [-0.15, -0.1) is 0 Å². The molecule has 146 valence electrons. The molecule has 3 heterocycles.